The minimum Gasteiger partial charge on any atom is -0.484 e. The molecule has 1 aliphatic heterocycles. The highest BCUT2D eigenvalue weighted by Crippen LogP contribution is 2.12. The van der Waals surface area contributed by atoms with Gasteiger partial charge in [-0.15, -0.1) is 0 Å². The van der Waals surface area contributed by atoms with Gasteiger partial charge >= 0.3 is 0 Å². The Balaban J connectivity index is 1.76. The smallest absolute Gasteiger partial charge is 0.260 e. The third-order valence-electron chi connectivity index (χ3n) is 4.26. The molecular weight excluding hydrogens is 264 g/mol. The van der Waals surface area contributed by atoms with Gasteiger partial charge in [-0.1, -0.05) is 24.6 Å². The lowest BCUT2D eigenvalue weighted by Gasteiger charge is -2.37. The number of hydrogen-bond donors (Lipinski definition) is 0. The monoisotopic (exact) mass is 290 g/mol. The van der Waals surface area contributed by atoms with Crippen molar-refractivity contribution >= 4 is 5.91 Å². The van der Waals surface area contributed by atoms with E-state index in [1.807, 2.05) is 36.1 Å². The standard InChI is InChI=1S/C17H26N2O2/c1-4-15(3)18-9-11-19(12-10-18)17(20)13-21-16-7-5-14(2)6-8-16/h5-8,15H,4,9-13H2,1-3H3. The Morgan fingerprint density at radius 1 is 1.19 bits per heavy atom. The summed E-state index contributed by atoms with van der Waals surface area (Å²) in [6.07, 6.45) is 1.16. The lowest BCUT2D eigenvalue weighted by Crippen LogP contribution is -2.52. The molecule has 1 aliphatic rings. The second kappa shape index (κ2) is 7.46. The van der Waals surface area contributed by atoms with Crippen LogP contribution in [0.4, 0.5) is 0 Å². The Bertz CT molecular complexity index is 450. The maximum absolute atomic E-state index is 12.2. The minimum absolute atomic E-state index is 0.0828. The Hall–Kier alpha value is -1.55. The highest BCUT2D eigenvalue weighted by Gasteiger charge is 2.23. The van der Waals surface area contributed by atoms with Crippen LogP contribution in [0.2, 0.25) is 0 Å². The zero-order valence-corrected chi connectivity index (χ0v) is 13.3. The predicted octanol–water partition coefficient (Wildman–Crippen LogP) is 2.32. The van der Waals surface area contributed by atoms with Gasteiger partial charge in [-0.05, 0) is 32.4 Å². The summed E-state index contributed by atoms with van der Waals surface area (Å²) in [6.45, 7) is 10.2. The molecule has 0 saturated carbocycles. The van der Waals surface area contributed by atoms with Gasteiger partial charge in [0, 0.05) is 32.2 Å². The van der Waals surface area contributed by atoms with E-state index in [0.29, 0.717) is 6.04 Å². The number of rotatable bonds is 5. The Morgan fingerprint density at radius 3 is 2.38 bits per heavy atom. The zero-order valence-electron chi connectivity index (χ0n) is 13.3. The predicted molar refractivity (Wildman–Crippen MR) is 84.6 cm³/mol. The Kier molecular flexibility index (Phi) is 5.62. The number of amides is 1. The van der Waals surface area contributed by atoms with Gasteiger partial charge in [0.25, 0.3) is 5.91 Å². The van der Waals surface area contributed by atoms with Gasteiger partial charge in [0.1, 0.15) is 5.75 Å². The van der Waals surface area contributed by atoms with Gasteiger partial charge in [0.2, 0.25) is 0 Å². The van der Waals surface area contributed by atoms with E-state index in [4.69, 9.17) is 4.74 Å². The van der Waals surface area contributed by atoms with Crippen molar-refractivity contribution in [1.82, 2.24) is 9.80 Å². The van der Waals surface area contributed by atoms with Crippen LogP contribution in [0.5, 0.6) is 5.75 Å². The normalized spacial score (nSPS) is 17.6. The summed E-state index contributed by atoms with van der Waals surface area (Å²) >= 11 is 0. The fourth-order valence-electron chi connectivity index (χ4n) is 2.54. The average molecular weight is 290 g/mol. The van der Waals surface area contributed by atoms with Crippen molar-refractivity contribution in [3.8, 4) is 5.75 Å². The van der Waals surface area contributed by atoms with Crippen molar-refractivity contribution in [2.45, 2.75) is 33.2 Å². The van der Waals surface area contributed by atoms with Gasteiger partial charge in [0.15, 0.2) is 6.61 Å². The van der Waals surface area contributed by atoms with Crippen molar-refractivity contribution in [2.75, 3.05) is 32.8 Å². The van der Waals surface area contributed by atoms with E-state index >= 15 is 0 Å². The maximum atomic E-state index is 12.2. The molecule has 1 saturated heterocycles. The van der Waals surface area contributed by atoms with Crippen LogP contribution in [0.3, 0.4) is 0 Å². The first-order valence-electron chi connectivity index (χ1n) is 7.81. The van der Waals surface area contributed by atoms with E-state index in [1.54, 1.807) is 0 Å². The molecule has 1 heterocycles. The summed E-state index contributed by atoms with van der Waals surface area (Å²) in [5.74, 6) is 0.839. The molecule has 1 amide bonds. The number of piperazine rings is 1. The number of hydrogen-bond acceptors (Lipinski definition) is 3. The van der Waals surface area contributed by atoms with Gasteiger partial charge in [-0.25, -0.2) is 0 Å². The van der Waals surface area contributed by atoms with Gasteiger partial charge < -0.3 is 9.64 Å². The van der Waals surface area contributed by atoms with E-state index in [1.165, 1.54) is 5.56 Å². The third kappa shape index (κ3) is 4.46. The summed E-state index contributed by atoms with van der Waals surface area (Å²) in [6, 6.07) is 8.40. The van der Waals surface area contributed by atoms with Crippen LogP contribution in [0.15, 0.2) is 24.3 Å². The fraction of sp³-hybridized carbons (Fsp3) is 0.588. The maximum Gasteiger partial charge on any atom is 0.260 e. The van der Waals surface area contributed by atoms with Crippen LogP contribution in [0.25, 0.3) is 0 Å². The van der Waals surface area contributed by atoms with Gasteiger partial charge in [0.05, 0.1) is 0 Å². The molecule has 0 N–H and O–H groups in total. The topological polar surface area (TPSA) is 32.8 Å². The lowest BCUT2D eigenvalue weighted by molar-refractivity contribution is -0.135. The fourth-order valence-corrected chi connectivity index (χ4v) is 2.54. The van der Waals surface area contributed by atoms with Crippen molar-refractivity contribution in [3.05, 3.63) is 29.8 Å². The molecule has 0 aliphatic carbocycles. The summed E-state index contributed by atoms with van der Waals surface area (Å²) in [4.78, 5) is 16.5. The number of ether oxygens (including phenoxy) is 1. The average Bonchev–Trinajstić information content (AvgIpc) is 2.53. The first kappa shape index (κ1) is 15.8. The number of nitrogens with zero attached hydrogens (tertiary/aromatic N) is 2. The first-order valence-corrected chi connectivity index (χ1v) is 7.81. The van der Waals surface area contributed by atoms with Crippen LogP contribution in [-0.2, 0) is 4.79 Å². The van der Waals surface area contributed by atoms with E-state index in [0.717, 1.165) is 38.3 Å². The van der Waals surface area contributed by atoms with Crippen LogP contribution in [0, 0.1) is 6.92 Å². The Morgan fingerprint density at radius 2 is 1.81 bits per heavy atom. The molecule has 116 valence electrons. The molecule has 1 unspecified atom stereocenters. The summed E-state index contributed by atoms with van der Waals surface area (Å²) in [5.41, 5.74) is 1.19. The molecular formula is C17H26N2O2. The zero-order chi connectivity index (χ0) is 15.2. The third-order valence-corrected chi connectivity index (χ3v) is 4.26. The molecule has 0 bridgehead atoms. The van der Waals surface area contributed by atoms with E-state index in [-0.39, 0.29) is 12.5 Å². The van der Waals surface area contributed by atoms with Crippen LogP contribution < -0.4 is 4.74 Å². The van der Waals surface area contributed by atoms with Crippen molar-refractivity contribution in [1.29, 1.82) is 0 Å². The van der Waals surface area contributed by atoms with Crippen molar-refractivity contribution in [3.63, 3.8) is 0 Å². The highest BCUT2D eigenvalue weighted by atomic mass is 16.5. The summed E-state index contributed by atoms with van der Waals surface area (Å²) < 4.78 is 5.57. The first-order chi connectivity index (χ1) is 10.1. The second-order valence-electron chi connectivity index (χ2n) is 5.78. The molecule has 4 nitrogen and oxygen atoms in total. The number of carbonyl (C=O) groups is 1. The van der Waals surface area contributed by atoms with Crippen molar-refractivity contribution < 1.29 is 9.53 Å². The number of benzene rings is 1. The highest BCUT2D eigenvalue weighted by molar-refractivity contribution is 5.77. The van der Waals surface area contributed by atoms with Gasteiger partial charge in [-0.2, -0.15) is 0 Å². The van der Waals surface area contributed by atoms with E-state index in [9.17, 15) is 4.79 Å². The molecule has 1 aromatic carbocycles. The van der Waals surface area contributed by atoms with Crippen LogP contribution >= 0.6 is 0 Å². The summed E-state index contributed by atoms with van der Waals surface area (Å²) in [7, 11) is 0. The molecule has 21 heavy (non-hydrogen) atoms. The number of aryl methyl sites for hydroxylation is 1. The molecule has 1 atom stereocenters. The SMILES string of the molecule is CCC(C)N1CCN(C(=O)COc2ccc(C)cc2)CC1. The molecule has 0 spiro atoms. The molecule has 2 rings (SSSR count). The van der Waals surface area contributed by atoms with E-state index in [2.05, 4.69) is 18.7 Å². The summed E-state index contributed by atoms with van der Waals surface area (Å²) in [5, 5.41) is 0. The Labute approximate surface area is 127 Å². The molecule has 1 fully saturated rings. The van der Waals surface area contributed by atoms with Crippen molar-refractivity contribution in [2.24, 2.45) is 0 Å². The molecule has 0 radical (unpaired) electrons. The van der Waals surface area contributed by atoms with Gasteiger partial charge in [-0.3, -0.25) is 9.69 Å². The molecule has 0 aromatic heterocycles. The second-order valence-corrected chi connectivity index (χ2v) is 5.78. The molecule has 4 heteroatoms. The van der Waals surface area contributed by atoms with E-state index < -0.39 is 0 Å². The lowest BCUT2D eigenvalue weighted by atomic mass is 10.2. The van der Waals surface area contributed by atoms with Crippen LogP contribution in [0.1, 0.15) is 25.8 Å². The quantitative estimate of drug-likeness (QED) is 0.834. The minimum atomic E-state index is 0.0828. The van der Waals surface area contributed by atoms with Crippen LogP contribution in [-0.4, -0.2) is 54.5 Å². The largest absolute Gasteiger partial charge is 0.484 e. The molecule has 1 aromatic rings. The number of carbonyl (C=O) groups excluding carboxylic acids is 1.